The predicted molar refractivity (Wildman–Crippen MR) is 110 cm³/mol. The molecule has 0 saturated heterocycles. The molecule has 0 amide bonds. The fourth-order valence-electron chi connectivity index (χ4n) is 5.23. The molecular formula is C25H34FN. The first-order chi connectivity index (χ1) is 13.3. The lowest BCUT2D eigenvalue weighted by Gasteiger charge is -2.37. The third-order valence-corrected chi connectivity index (χ3v) is 6.98. The molecule has 2 aliphatic rings. The van der Waals surface area contributed by atoms with Crippen molar-refractivity contribution in [2.75, 3.05) is 6.67 Å². The highest BCUT2D eigenvalue weighted by molar-refractivity contribution is 5.31. The van der Waals surface area contributed by atoms with Crippen LogP contribution in [0.25, 0.3) is 0 Å². The molecule has 2 aliphatic carbocycles. The molecule has 1 aromatic carbocycles. The van der Waals surface area contributed by atoms with Gasteiger partial charge in [0.15, 0.2) is 0 Å². The Hall–Kier alpha value is -1.62. The van der Waals surface area contributed by atoms with E-state index < -0.39 is 0 Å². The van der Waals surface area contributed by atoms with Gasteiger partial charge in [-0.15, -0.1) is 0 Å². The van der Waals surface area contributed by atoms with Crippen molar-refractivity contribution >= 4 is 0 Å². The molecule has 0 unspecified atom stereocenters. The summed E-state index contributed by atoms with van der Waals surface area (Å²) in [6.45, 7) is -0.222. The summed E-state index contributed by atoms with van der Waals surface area (Å²) in [4.78, 5) is 0. The summed E-state index contributed by atoms with van der Waals surface area (Å²) in [5, 5.41) is 8.89. The van der Waals surface area contributed by atoms with Gasteiger partial charge in [0, 0.05) is 0 Å². The van der Waals surface area contributed by atoms with Gasteiger partial charge in [-0.3, -0.25) is 4.39 Å². The Balaban J connectivity index is 1.35. The third-order valence-electron chi connectivity index (χ3n) is 6.98. The third kappa shape index (κ3) is 6.20. The normalized spacial score (nSPS) is 28.9. The summed E-state index contributed by atoms with van der Waals surface area (Å²) >= 11 is 0. The first kappa shape index (κ1) is 20.1. The van der Waals surface area contributed by atoms with Crippen molar-refractivity contribution in [1.82, 2.24) is 0 Å². The second-order valence-electron chi connectivity index (χ2n) is 8.71. The van der Waals surface area contributed by atoms with Crippen LogP contribution < -0.4 is 0 Å². The molecule has 146 valence electrons. The second-order valence-corrected chi connectivity index (χ2v) is 8.71. The number of hydrogen-bond acceptors (Lipinski definition) is 1. The van der Waals surface area contributed by atoms with Crippen molar-refractivity contribution < 1.29 is 4.39 Å². The van der Waals surface area contributed by atoms with E-state index in [2.05, 4.69) is 24.3 Å². The summed E-state index contributed by atoms with van der Waals surface area (Å²) in [6.07, 6.45) is 18.4. The minimum Gasteiger partial charge on any atom is -0.251 e. The van der Waals surface area contributed by atoms with Crippen LogP contribution >= 0.6 is 0 Å². The van der Waals surface area contributed by atoms with E-state index in [1.54, 1.807) is 0 Å². The van der Waals surface area contributed by atoms with Crippen LogP contribution in [0.3, 0.4) is 0 Å². The van der Waals surface area contributed by atoms with Crippen LogP contribution in [0.15, 0.2) is 36.4 Å². The van der Waals surface area contributed by atoms with E-state index in [9.17, 15) is 4.39 Å². The number of halogens is 1. The number of aryl methyl sites for hydroxylation is 1. The maximum Gasteiger partial charge on any atom is 0.0991 e. The van der Waals surface area contributed by atoms with Crippen LogP contribution in [0.1, 0.15) is 75.3 Å². The molecule has 0 N–H and O–H groups in total. The molecule has 2 saturated carbocycles. The van der Waals surface area contributed by atoms with Gasteiger partial charge < -0.3 is 0 Å². The highest BCUT2D eigenvalue weighted by Gasteiger charge is 2.30. The number of allylic oxidation sites excluding steroid dienone is 2. The Labute approximate surface area is 164 Å². The minimum atomic E-state index is -0.222. The molecule has 0 aliphatic heterocycles. The standard InChI is InChI=1S/C25H34FN/c26-18-2-1-3-20-10-14-24(15-11-20)25-16-12-22(13-17-25)5-4-21-6-8-23(19-27)9-7-21/h1,3,6-9,20,22,24-25H,2,4-5,10-18H2/t20-,22-,24-,25-. The van der Waals surface area contributed by atoms with E-state index in [-0.39, 0.29) is 6.67 Å². The fourth-order valence-corrected chi connectivity index (χ4v) is 5.23. The number of nitriles is 1. The highest BCUT2D eigenvalue weighted by Crippen LogP contribution is 2.42. The van der Waals surface area contributed by atoms with Gasteiger partial charge in [-0.05, 0) is 99.2 Å². The zero-order valence-electron chi connectivity index (χ0n) is 16.6. The molecule has 2 heteroatoms. The second kappa shape index (κ2) is 10.6. The van der Waals surface area contributed by atoms with Crippen molar-refractivity contribution in [2.45, 2.75) is 70.6 Å². The van der Waals surface area contributed by atoms with E-state index in [1.165, 1.54) is 63.4 Å². The highest BCUT2D eigenvalue weighted by atomic mass is 19.1. The zero-order valence-corrected chi connectivity index (χ0v) is 16.6. The Bertz CT molecular complexity index is 611. The quantitative estimate of drug-likeness (QED) is 0.475. The summed E-state index contributed by atoms with van der Waals surface area (Å²) < 4.78 is 12.2. The van der Waals surface area contributed by atoms with Crippen LogP contribution in [0.5, 0.6) is 0 Å². The van der Waals surface area contributed by atoms with E-state index >= 15 is 0 Å². The molecule has 0 atom stereocenters. The fraction of sp³-hybridized carbons (Fsp3) is 0.640. The Morgan fingerprint density at radius 3 is 2.15 bits per heavy atom. The molecular weight excluding hydrogens is 333 g/mol. The average molecular weight is 368 g/mol. The van der Waals surface area contributed by atoms with Gasteiger partial charge >= 0.3 is 0 Å². The summed E-state index contributed by atoms with van der Waals surface area (Å²) in [5.41, 5.74) is 2.13. The summed E-state index contributed by atoms with van der Waals surface area (Å²) in [7, 11) is 0. The van der Waals surface area contributed by atoms with Crippen LogP contribution in [-0.2, 0) is 6.42 Å². The monoisotopic (exact) mass is 367 g/mol. The number of nitrogens with zero attached hydrogens (tertiary/aromatic N) is 1. The van der Waals surface area contributed by atoms with E-state index in [0.717, 1.165) is 29.7 Å². The first-order valence-electron chi connectivity index (χ1n) is 11.0. The maximum atomic E-state index is 12.2. The SMILES string of the molecule is N#Cc1ccc(CC[C@H]2CC[C@H]([C@H]3CC[C@H](C=CCCF)CC3)CC2)cc1. The van der Waals surface area contributed by atoms with Crippen LogP contribution in [0.2, 0.25) is 0 Å². The van der Waals surface area contributed by atoms with Crippen molar-refractivity contribution in [2.24, 2.45) is 23.7 Å². The van der Waals surface area contributed by atoms with Crippen molar-refractivity contribution in [3.8, 4) is 6.07 Å². The number of hydrogen-bond donors (Lipinski definition) is 0. The lowest BCUT2D eigenvalue weighted by molar-refractivity contribution is 0.152. The Morgan fingerprint density at radius 2 is 1.56 bits per heavy atom. The van der Waals surface area contributed by atoms with Gasteiger partial charge in [0.1, 0.15) is 0 Å². The smallest absolute Gasteiger partial charge is 0.0991 e. The van der Waals surface area contributed by atoms with Gasteiger partial charge in [-0.25, -0.2) is 0 Å². The van der Waals surface area contributed by atoms with Gasteiger partial charge in [0.2, 0.25) is 0 Å². The summed E-state index contributed by atoms with van der Waals surface area (Å²) in [5.74, 6) is 3.48. The van der Waals surface area contributed by atoms with Crippen LogP contribution in [0.4, 0.5) is 4.39 Å². The van der Waals surface area contributed by atoms with Crippen LogP contribution in [0, 0.1) is 35.0 Å². The molecule has 1 nitrogen and oxygen atoms in total. The Kier molecular flexibility index (Phi) is 7.93. The Morgan fingerprint density at radius 1 is 0.926 bits per heavy atom. The summed E-state index contributed by atoms with van der Waals surface area (Å²) in [6, 6.07) is 10.3. The number of alkyl halides is 1. The first-order valence-corrected chi connectivity index (χ1v) is 11.0. The lowest BCUT2D eigenvalue weighted by Crippen LogP contribution is -2.25. The maximum absolute atomic E-state index is 12.2. The molecule has 2 fully saturated rings. The van der Waals surface area contributed by atoms with Crippen molar-refractivity contribution in [3.05, 3.63) is 47.5 Å². The molecule has 0 bridgehead atoms. The number of rotatable bonds is 7. The van der Waals surface area contributed by atoms with Gasteiger partial charge in [-0.1, -0.05) is 37.1 Å². The molecule has 1 aromatic rings. The van der Waals surface area contributed by atoms with E-state index in [4.69, 9.17) is 5.26 Å². The molecule has 0 heterocycles. The van der Waals surface area contributed by atoms with Gasteiger partial charge in [0.25, 0.3) is 0 Å². The van der Waals surface area contributed by atoms with Gasteiger partial charge in [-0.2, -0.15) is 5.26 Å². The lowest BCUT2D eigenvalue weighted by atomic mass is 9.68. The molecule has 0 aromatic heterocycles. The van der Waals surface area contributed by atoms with E-state index in [0.29, 0.717) is 12.3 Å². The van der Waals surface area contributed by atoms with Crippen molar-refractivity contribution in [1.29, 1.82) is 5.26 Å². The topological polar surface area (TPSA) is 23.8 Å². The average Bonchev–Trinajstić information content (AvgIpc) is 2.74. The van der Waals surface area contributed by atoms with Crippen LogP contribution in [-0.4, -0.2) is 6.67 Å². The molecule has 0 radical (unpaired) electrons. The van der Waals surface area contributed by atoms with Gasteiger partial charge in [0.05, 0.1) is 18.3 Å². The predicted octanol–water partition coefficient (Wildman–Crippen LogP) is 7.02. The molecule has 0 spiro atoms. The molecule has 3 rings (SSSR count). The zero-order chi connectivity index (χ0) is 18.9. The molecule has 27 heavy (non-hydrogen) atoms. The number of benzene rings is 1. The van der Waals surface area contributed by atoms with Crippen molar-refractivity contribution in [3.63, 3.8) is 0 Å². The van der Waals surface area contributed by atoms with E-state index in [1.807, 2.05) is 18.2 Å². The minimum absolute atomic E-state index is 0.222. The largest absolute Gasteiger partial charge is 0.251 e.